The molecule has 5 aliphatic rings. The van der Waals surface area contributed by atoms with Gasteiger partial charge in [0.1, 0.15) is 23.6 Å². The molecule has 0 aliphatic carbocycles. The first-order chi connectivity index (χ1) is 12.0. The smallest absolute Gasteiger partial charge is 0.305 e. The van der Waals surface area contributed by atoms with Crippen LogP contribution >= 0.6 is 0 Å². The van der Waals surface area contributed by atoms with E-state index in [1.807, 2.05) is 0 Å². The average molecular weight is 390 g/mol. The second kappa shape index (κ2) is 4.56. The van der Waals surface area contributed by atoms with Crippen molar-refractivity contribution in [2.45, 2.75) is 61.9 Å². The van der Waals surface area contributed by atoms with Crippen molar-refractivity contribution in [3.63, 3.8) is 0 Å². The molecule has 0 saturated carbocycles. The van der Waals surface area contributed by atoms with Gasteiger partial charge in [0.15, 0.2) is 17.7 Å². The highest BCUT2D eigenvalue weighted by atomic mass is 32.2. The van der Waals surface area contributed by atoms with Gasteiger partial charge >= 0.3 is 5.97 Å². The molecule has 5 fully saturated rings. The normalized spacial score (nSPS) is 49.8. The van der Waals surface area contributed by atoms with E-state index in [1.54, 1.807) is 13.8 Å². The topological polar surface area (TPSA) is 141 Å². The van der Waals surface area contributed by atoms with Crippen molar-refractivity contribution in [2.75, 3.05) is 12.3 Å². The largest absolute Gasteiger partial charge is 0.481 e. The molecule has 144 valence electrons. The van der Waals surface area contributed by atoms with Crippen molar-refractivity contribution in [1.82, 2.24) is 10.2 Å². The van der Waals surface area contributed by atoms with Crippen LogP contribution in [0.25, 0.3) is 0 Å². The minimum atomic E-state index is -4.00. The first kappa shape index (κ1) is 16.8. The molecule has 2 N–H and O–H groups in total. The first-order valence-corrected chi connectivity index (χ1v) is 9.83. The molecule has 0 aromatic heterocycles. The molecule has 5 heterocycles. The molecule has 5 aliphatic heterocycles. The number of aliphatic carboxylic acids is 1. The van der Waals surface area contributed by atoms with Crippen LogP contribution in [0.2, 0.25) is 0 Å². The number of ether oxygens (including phenoxy) is 3. The molecule has 6 atom stereocenters. The van der Waals surface area contributed by atoms with E-state index < -0.39 is 75.8 Å². The fourth-order valence-corrected chi connectivity index (χ4v) is 6.79. The Hall–Kier alpha value is -1.31. The first-order valence-electron chi connectivity index (χ1n) is 8.25. The zero-order valence-corrected chi connectivity index (χ0v) is 14.8. The van der Waals surface area contributed by atoms with E-state index in [9.17, 15) is 18.0 Å². The summed E-state index contributed by atoms with van der Waals surface area (Å²) in [7, 11) is -4.00. The molecular weight excluding hydrogens is 372 g/mol. The van der Waals surface area contributed by atoms with Gasteiger partial charge in [0.25, 0.3) is 10.1 Å². The number of carboxylic acid groups (broad SMARTS) is 1. The number of amides is 1. The van der Waals surface area contributed by atoms with Crippen molar-refractivity contribution in [3.8, 4) is 0 Å². The van der Waals surface area contributed by atoms with E-state index >= 15 is 0 Å². The fraction of sp³-hybridized carbons (Fsp3) is 0.857. The molecule has 26 heavy (non-hydrogen) atoms. The third kappa shape index (κ3) is 1.81. The van der Waals surface area contributed by atoms with Gasteiger partial charge in [0.05, 0.1) is 19.0 Å². The van der Waals surface area contributed by atoms with Crippen LogP contribution in [0.1, 0.15) is 20.3 Å². The molecular formula is C14H18N2O9S. The summed E-state index contributed by atoms with van der Waals surface area (Å²) in [5.74, 6) is -3.17. The van der Waals surface area contributed by atoms with Crippen molar-refractivity contribution in [1.29, 1.82) is 0 Å². The fourth-order valence-electron chi connectivity index (χ4n) is 5.00. The number of nitrogens with one attached hydrogen (secondary N) is 1. The number of carbonyl (C=O) groups is 2. The molecule has 11 nitrogen and oxygen atoms in total. The van der Waals surface area contributed by atoms with Crippen molar-refractivity contribution in [2.24, 2.45) is 0 Å². The quantitative estimate of drug-likeness (QED) is 0.506. The van der Waals surface area contributed by atoms with Crippen LogP contribution in [0.3, 0.4) is 0 Å². The van der Waals surface area contributed by atoms with Crippen LogP contribution in [-0.4, -0.2) is 84.2 Å². The van der Waals surface area contributed by atoms with Crippen molar-refractivity contribution < 1.29 is 41.5 Å². The van der Waals surface area contributed by atoms with E-state index in [1.165, 1.54) is 4.90 Å². The Kier molecular flexibility index (Phi) is 2.96. The number of hydrogen-bond donors (Lipinski definition) is 2. The van der Waals surface area contributed by atoms with Crippen molar-refractivity contribution in [3.05, 3.63) is 0 Å². The summed E-state index contributed by atoms with van der Waals surface area (Å²) in [6.07, 6.45) is -2.95. The number of rotatable bonds is 2. The number of hydrogen-bond acceptors (Lipinski definition) is 9. The Balaban J connectivity index is 1.63. The lowest BCUT2D eigenvalue weighted by Crippen LogP contribution is -2.68. The van der Waals surface area contributed by atoms with Gasteiger partial charge in [-0.15, -0.1) is 0 Å². The van der Waals surface area contributed by atoms with Gasteiger partial charge in [-0.2, -0.15) is 8.42 Å². The summed E-state index contributed by atoms with van der Waals surface area (Å²) in [5, 5.41) is 12.0. The lowest BCUT2D eigenvalue weighted by molar-refractivity contribution is -0.222. The third-order valence-electron chi connectivity index (χ3n) is 5.72. The maximum atomic E-state index is 12.7. The monoisotopic (exact) mass is 390 g/mol. The van der Waals surface area contributed by atoms with E-state index in [0.717, 1.165) is 0 Å². The third-order valence-corrected chi connectivity index (χ3v) is 7.02. The second-order valence-corrected chi connectivity index (χ2v) is 9.30. The molecule has 0 bridgehead atoms. The van der Waals surface area contributed by atoms with Gasteiger partial charge in [-0.25, -0.2) is 0 Å². The van der Waals surface area contributed by atoms with Crippen molar-refractivity contribution >= 4 is 22.0 Å². The lowest BCUT2D eigenvalue weighted by Gasteiger charge is -2.39. The van der Waals surface area contributed by atoms with Crippen LogP contribution in [0.15, 0.2) is 0 Å². The Morgan fingerprint density at radius 3 is 2.81 bits per heavy atom. The highest BCUT2D eigenvalue weighted by Gasteiger charge is 2.85. The van der Waals surface area contributed by atoms with Gasteiger partial charge < -0.3 is 24.2 Å². The lowest BCUT2D eigenvalue weighted by atomic mass is 9.83. The van der Waals surface area contributed by atoms with Gasteiger partial charge in [0, 0.05) is 0 Å². The molecule has 1 amide bonds. The Morgan fingerprint density at radius 1 is 1.38 bits per heavy atom. The van der Waals surface area contributed by atoms with Gasteiger partial charge in [0.2, 0.25) is 5.91 Å². The Bertz CT molecular complexity index is 828. The van der Waals surface area contributed by atoms with Gasteiger partial charge in [-0.05, 0) is 13.8 Å². The summed E-state index contributed by atoms with van der Waals surface area (Å²) in [6.45, 7) is 3.41. The van der Waals surface area contributed by atoms with Gasteiger partial charge in [-0.3, -0.25) is 19.1 Å². The summed E-state index contributed by atoms with van der Waals surface area (Å²) >= 11 is 0. The highest BCUT2D eigenvalue weighted by molar-refractivity contribution is 7.87. The van der Waals surface area contributed by atoms with Crippen LogP contribution in [-0.2, 0) is 38.1 Å². The van der Waals surface area contributed by atoms with Crippen LogP contribution < -0.4 is 5.32 Å². The number of nitrogens with zero attached hydrogens (tertiary/aromatic N) is 1. The summed E-state index contributed by atoms with van der Waals surface area (Å²) in [6, 6.07) is -1.04. The highest BCUT2D eigenvalue weighted by Crippen LogP contribution is 2.60. The molecule has 0 aromatic carbocycles. The molecule has 0 aromatic rings. The van der Waals surface area contributed by atoms with Crippen LogP contribution in [0.4, 0.5) is 0 Å². The predicted octanol–water partition coefficient (Wildman–Crippen LogP) is -2.05. The van der Waals surface area contributed by atoms with E-state index in [0.29, 0.717) is 0 Å². The minimum absolute atomic E-state index is 0.0671. The van der Waals surface area contributed by atoms with E-state index in [4.69, 9.17) is 23.5 Å². The SMILES string of the molecule is CC1(C)O[C@H]2O[C@@H]3CN4C(=O)[C@H](CC(=O)O)N[C@@]45CS(=O)(=O)O[C@@]35[C@H]2O1. The van der Waals surface area contributed by atoms with Crippen LogP contribution in [0.5, 0.6) is 0 Å². The molecule has 0 unspecified atom stereocenters. The minimum Gasteiger partial charge on any atom is -0.481 e. The zero-order chi connectivity index (χ0) is 18.7. The molecule has 12 heteroatoms. The van der Waals surface area contributed by atoms with E-state index in [2.05, 4.69) is 5.32 Å². The molecule has 5 saturated heterocycles. The summed E-state index contributed by atoms with van der Waals surface area (Å²) in [5.41, 5.74) is -2.97. The molecule has 0 radical (unpaired) electrons. The maximum absolute atomic E-state index is 12.7. The van der Waals surface area contributed by atoms with Crippen LogP contribution in [0, 0.1) is 0 Å². The standard InChI is InChI=1S/C14H18N2O9S/c1-12(2)23-9-11(24-12)22-7-4-16-10(19)6(3-8(17)18)15-13(16)5-26(20,21)25-14(7,9)13/h6-7,9,11,15H,3-5H2,1-2H3,(H,17,18)/t6-,7+,9-,11+,13-,14+/m0/s1. The predicted molar refractivity (Wildman–Crippen MR) is 79.9 cm³/mol. The number of carbonyl (C=O) groups excluding carboxylic acids is 1. The summed E-state index contributed by atoms with van der Waals surface area (Å²) < 4.78 is 47.9. The zero-order valence-electron chi connectivity index (χ0n) is 14.0. The molecule has 5 rings (SSSR count). The number of fused-ring (bicyclic) bond motifs is 1. The van der Waals surface area contributed by atoms with Gasteiger partial charge in [-0.1, -0.05) is 0 Å². The average Bonchev–Trinajstić information content (AvgIpc) is 3.12. The van der Waals surface area contributed by atoms with E-state index in [-0.39, 0.29) is 6.54 Å². The summed E-state index contributed by atoms with van der Waals surface area (Å²) in [4.78, 5) is 25.2. The Morgan fingerprint density at radius 2 is 2.12 bits per heavy atom. The maximum Gasteiger partial charge on any atom is 0.305 e. The second-order valence-electron chi connectivity index (χ2n) is 7.73. The Labute approximate surface area is 148 Å². The number of carboxylic acids is 1. The molecule has 2 spiro atoms.